The number of anilines is 1. The van der Waals surface area contributed by atoms with E-state index in [-0.39, 0.29) is 18.1 Å². The van der Waals surface area contributed by atoms with Crippen LogP contribution in [-0.4, -0.2) is 42.6 Å². The summed E-state index contributed by atoms with van der Waals surface area (Å²) in [4.78, 5) is 22.5. The Morgan fingerprint density at radius 1 is 1.14 bits per heavy atom. The molecule has 2 heterocycles. The van der Waals surface area contributed by atoms with Crippen LogP contribution in [0.3, 0.4) is 0 Å². The predicted octanol–water partition coefficient (Wildman–Crippen LogP) is 1.62. The van der Waals surface area contributed by atoms with Crippen LogP contribution in [0.2, 0.25) is 0 Å². The van der Waals surface area contributed by atoms with E-state index in [1.165, 1.54) is 0 Å². The largest absolute Gasteiger partial charge is 0.497 e. The van der Waals surface area contributed by atoms with Crippen LogP contribution in [0.25, 0.3) is 16.6 Å². The molecule has 1 unspecified atom stereocenters. The molecule has 3 aromatic rings. The molecular formula is C20H21N5O3. The van der Waals surface area contributed by atoms with Gasteiger partial charge in [-0.3, -0.25) is 4.79 Å². The molecule has 5 N–H and O–H groups in total. The van der Waals surface area contributed by atoms with E-state index in [0.29, 0.717) is 28.6 Å². The average molecular weight is 379 g/mol. The highest BCUT2D eigenvalue weighted by atomic mass is 16.5. The van der Waals surface area contributed by atoms with Gasteiger partial charge in [0.05, 0.1) is 30.9 Å². The number of Topliss-reactive ketones (excluding diaryl/α,β-unsaturated/α-hetero) is 1. The number of carbonyl (C=O) groups is 1. The first kappa shape index (κ1) is 17.9. The third-order valence-electron chi connectivity index (χ3n) is 4.84. The highest BCUT2D eigenvalue weighted by molar-refractivity contribution is 6.28. The van der Waals surface area contributed by atoms with Gasteiger partial charge in [-0.05, 0) is 12.1 Å². The fourth-order valence-corrected chi connectivity index (χ4v) is 3.47. The first-order valence-electron chi connectivity index (χ1n) is 8.78. The minimum absolute atomic E-state index is 0.1000. The zero-order valence-electron chi connectivity index (χ0n) is 15.6. The summed E-state index contributed by atoms with van der Waals surface area (Å²) >= 11 is 0. The number of aromatic nitrogens is 2. The first-order valence-corrected chi connectivity index (χ1v) is 8.78. The number of ketones is 1. The van der Waals surface area contributed by atoms with Crippen molar-refractivity contribution in [3.63, 3.8) is 0 Å². The van der Waals surface area contributed by atoms with Crippen molar-refractivity contribution in [2.75, 3.05) is 25.7 Å². The molecular weight excluding hydrogens is 358 g/mol. The van der Waals surface area contributed by atoms with Gasteiger partial charge in [-0.25, -0.2) is 4.98 Å². The van der Waals surface area contributed by atoms with E-state index >= 15 is 0 Å². The van der Waals surface area contributed by atoms with Gasteiger partial charge in [-0.15, -0.1) is 0 Å². The number of hydrogen-bond acceptors (Lipinski definition) is 7. The van der Waals surface area contributed by atoms with Gasteiger partial charge in [0.2, 0.25) is 0 Å². The van der Waals surface area contributed by atoms with Crippen molar-refractivity contribution in [2.45, 2.75) is 6.04 Å². The maximum absolute atomic E-state index is 13.1. The van der Waals surface area contributed by atoms with Crippen LogP contribution in [0.4, 0.5) is 5.69 Å². The maximum atomic E-state index is 13.1. The van der Waals surface area contributed by atoms with Crippen LogP contribution in [0.1, 0.15) is 5.82 Å². The minimum atomic E-state index is -0.639. The van der Waals surface area contributed by atoms with Gasteiger partial charge >= 0.3 is 0 Å². The van der Waals surface area contributed by atoms with Crippen LogP contribution in [0, 0.1) is 0 Å². The lowest BCUT2D eigenvalue weighted by molar-refractivity contribution is -0.114. The van der Waals surface area contributed by atoms with Crippen molar-refractivity contribution in [1.82, 2.24) is 9.97 Å². The van der Waals surface area contributed by atoms with E-state index in [1.807, 2.05) is 24.3 Å². The highest BCUT2D eigenvalue weighted by Gasteiger charge is 2.40. The summed E-state index contributed by atoms with van der Waals surface area (Å²) in [5.41, 5.74) is 14.9. The smallest absolute Gasteiger partial charge is 0.194 e. The van der Waals surface area contributed by atoms with E-state index in [4.69, 9.17) is 20.9 Å². The number of ether oxygens (including phenoxy) is 2. The monoisotopic (exact) mass is 379 g/mol. The van der Waals surface area contributed by atoms with Gasteiger partial charge < -0.3 is 30.8 Å². The van der Waals surface area contributed by atoms with Crippen molar-refractivity contribution in [1.29, 1.82) is 0 Å². The van der Waals surface area contributed by atoms with Crippen LogP contribution in [-0.2, 0) is 4.79 Å². The number of benzene rings is 2. The summed E-state index contributed by atoms with van der Waals surface area (Å²) in [6, 6.07) is 12.2. The molecule has 144 valence electrons. The number of imidazole rings is 1. The molecule has 4 rings (SSSR count). The molecule has 28 heavy (non-hydrogen) atoms. The van der Waals surface area contributed by atoms with Crippen molar-refractivity contribution >= 4 is 28.1 Å². The molecule has 1 aliphatic rings. The number of rotatable bonds is 5. The Bertz CT molecular complexity index is 1030. The Labute approximate surface area is 161 Å². The maximum Gasteiger partial charge on any atom is 0.194 e. The molecule has 8 heteroatoms. The van der Waals surface area contributed by atoms with Crippen LogP contribution < -0.4 is 25.8 Å². The van der Waals surface area contributed by atoms with E-state index in [2.05, 4.69) is 9.97 Å². The molecule has 2 aromatic carbocycles. The molecule has 0 fully saturated rings. The van der Waals surface area contributed by atoms with Gasteiger partial charge in [0, 0.05) is 24.7 Å². The molecule has 0 saturated heterocycles. The third-order valence-corrected chi connectivity index (χ3v) is 4.84. The summed E-state index contributed by atoms with van der Waals surface area (Å²) in [7, 11) is 3.13. The second-order valence-corrected chi connectivity index (χ2v) is 6.42. The van der Waals surface area contributed by atoms with E-state index in [9.17, 15) is 4.79 Å². The number of carbonyl (C=O) groups excluding carboxylic acids is 1. The number of nitrogens with zero attached hydrogens (tertiary/aromatic N) is 2. The summed E-state index contributed by atoms with van der Waals surface area (Å²) in [5, 5.41) is 0. The number of H-pyrrole nitrogens is 1. The number of nitrogens with one attached hydrogen (secondary N) is 1. The molecule has 1 aromatic heterocycles. The SMILES string of the molecule is COc1cc(OC)cc(N2C(N)=C(c3nc4ccccc4[nH]3)C(=O)C2CN)c1. The van der Waals surface area contributed by atoms with Crippen LogP contribution >= 0.6 is 0 Å². The van der Waals surface area contributed by atoms with Crippen molar-refractivity contribution in [2.24, 2.45) is 11.5 Å². The number of nitrogens with two attached hydrogens (primary N) is 2. The van der Waals surface area contributed by atoms with Crippen LogP contribution in [0.5, 0.6) is 11.5 Å². The molecule has 1 aliphatic heterocycles. The van der Waals surface area contributed by atoms with Crippen molar-refractivity contribution < 1.29 is 14.3 Å². The van der Waals surface area contributed by atoms with E-state index in [1.54, 1.807) is 37.3 Å². The number of aromatic amines is 1. The number of para-hydroxylation sites is 2. The van der Waals surface area contributed by atoms with Gasteiger partial charge in [-0.2, -0.15) is 0 Å². The Kier molecular flexibility index (Phi) is 4.40. The van der Waals surface area contributed by atoms with Gasteiger partial charge in [-0.1, -0.05) is 12.1 Å². The predicted molar refractivity (Wildman–Crippen MR) is 107 cm³/mol. The molecule has 1 atom stereocenters. The normalized spacial score (nSPS) is 16.9. The van der Waals surface area contributed by atoms with E-state index in [0.717, 1.165) is 11.0 Å². The molecule has 8 nitrogen and oxygen atoms in total. The lowest BCUT2D eigenvalue weighted by atomic mass is 10.1. The molecule has 0 spiro atoms. The van der Waals surface area contributed by atoms with E-state index < -0.39 is 6.04 Å². The van der Waals surface area contributed by atoms with Gasteiger partial charge in [0.25, 0.3) is 0 Å². The summed E-state index contributed by atoms with van der Waals surface area (Å²) < 4.78 is 10.7. The quantitative estimate of drug-likeness (QED) is 0.616. The summed E-state index contributed by atoms with van der Waals surface area (Å²) in [6.45, 7) is 0.1000. The second kappa shape index (κ2) is 6.90. The molecule has 0 amide bonds. The van der Waals surface area contributed by atoms with Gasteiger partial charge in [0.15, 0.2) is 5.78 Å². The standard InChI is InChI=1S/C20H21N5O3/c1-27-12-7-11(8-13(9-12)28-2)25-16(10-21)18(26)17(19(25)22)20-23-14-5-3-4-6-15(14)24-20/h3-9,16H,10,21-22H2,1-2H3,(H,23,24). The van der Waals surface area contributed by atoms with Gasteiger partial charge in [0.1, 0.15) is 34.8 Å². The lowest BCUT2D eigenvalue weighted by Gasteiger charge is -2.26. The van der Waals surface area contributed by atoms with Crippen molar-refractivity contribution in [3.8, 4) is 11.5 Å². The zero-order valence-corrected chi connectivity index (χ0v) is 15.6. The topological polar surface area (TPSA) is 119 Å². The molecule has 0 radical (unpaired) electrons. The Hall–Kier alpha value is -3.52. The Balaban J connectivity index is 1.86. The van der Waals surface area contributed by atoms with Crippen LogP contribution in [0.15, 0.2) is 48.3 Å². The first-order chi connectivity index (χ1) is 13.6. The second-order valence-electron chi connectivity index (χ2n) is 6.42. The fraction of sp³-hybridized carbons (Fsp3) is 0.200. The molecule has 0 aliphatic carbocycles. The summed E-state index contributed by atoms with van der Waals surface area (Å²) in [6.07, 6.45) is 0. The number of fused-ring (bicyclic) bond motifs is 1. The molecule has 0 saturated carbocycles. The van der Waals surface area contributed by atoms with Crippen molar-refractivity contribution in [3.05, 3.63) is 54.1 Å². The lowest BCUT2D eigenvalue weighted by Crippen LogP contribution is -2.42. The zero-order chi connectivity index (χ0) is 19.8. The molecule has 0 bridgehead atoms. The Morgan fingerprint density at radius 3 is 2.43 bits per heavy atom. The summed E-state index contributed by atoms with van der Waals surface area (Å²) in [5.74, 6) is 1.71. The third kappa shape index (κ3) is 2.74. The minimum Gasteiger partial charge on any atom is -0.497 e. The highest BCUT2D eigenvalue weighted by Crippen LogP contribution is 2.37. The number of hydrogen-bond donors (Lipinski definition) is 3. The average Bonchev–Trinajstić information content (AvgIpc) is 3.24. The Morgan fingerprint density at radius 2 is 1.82 bits per heavy atom. The fourth-order valence-electron chi connectivity index (χ4n) is 3.47. The number of methoxy groups -OCH3 is 2.